The SMILES string of the molecule is CCc1cccc(NC(=O)COC(=O)COc2cc(C)ccc2C)c1. The molecule has 25 heavy (non-hydrogen) atoms. The molecule has 0 bridgehead atoms. The Bertz CT molecular complexity index is 755. The third kappa shape index (κ3) is 5.95. The van der Waals surface area contributed by atoms with Crippen LogP contribution in [0, 0.1) is 13.8 Å². The monoisotopic (exact) mass is 341 g/mol. The molecule has 0 spiro atoms. The molecule has 2 aromatic rings. The van der Waals surface area contributed by atoms with Gasteiger partial charge < -0.3 is 14.8 Å². The first-order valence-electron chi connectivity index (χ1n) is 8.22. The fourth-order valence-corrected chi connectivity index (χ4v) is 2.25. The van der Waals surface area contributed by atoms with Crippen molar-refractivity contribution in [2.45, 2.75) is 27.2 Å². The summed E-state index contributed by atoms with van der Waals surface area (Å²) in [5.74, 6) is -0.329. The smallest absolute Gasteiger partial charge is 0.344 e. The van der Waals surface area contributed by atoms with Crippen molar-refractivity contribution in [1.82, 2.24) is 0 Å². The molecular weight excluding hydrogens is 318 g/mol. The molecule has 0 heterocycles. The van der Waals surface area contributed by atoms with E-state index in [1.807, 2.05) is 57.2 Å². The highest BCUT2D eigenvalue weighted by Gasteiger charge is 2.10. The quantitative estimate of drug-likeness (QED) is 0.784. The van der Waals surface area contributed by atoms with Crippen molar-refractivity contribution in [1.29, 1.82) is 0 Å². The highest BCUT2D eigenvalue weighted by Crippen LogP contribution is 2.19. The Balaban J connectivity index is 1.77. The molecule has 0 fully saturated rings. The summed E-state index contributed by atoms with van der Waals surface area (Å²) in [5, 5.41) is 2.71. The first-order valence-corrected chi connectivity index (χ1v) is 8.22. The summed E-state index contributed by atoms with van der Waals surface area (Å²) in [6.07, 6.45) is 0.883. The number of benzene rings is 2. The summed E-state index contributed by atoms with van der Waals surface area (Å²) in [7, 11) is 0. The van der Waals surface area contributed by atoms with E-state index in [4.69, 9.17) is 9.47 Å². The lowest BCUT2D eigenvalue weighted by atomic mass is 10.1. The minimum absolute atomic E-state index is 0.233. The molecule has 0 aliphatic heterocycles. The first-order chi connectivity index (χ1) is 12.0. The highest BCUT2D eigenvalue weighted by molar-refractivity contribution is 5.92. The summed E-state index contributed by atoms with van der Waals surface area (Å²) in [5.41, 5.74) is 3.79. The number of ether oxygens (including phenoxy) is 2. The van der Waals surface area contributed by atoms with Crippen molar-refractivity contribution >= 4 is 17.6 Å². The number of amides is 1. The van der Waals surface area contributed by atoms with Crippen LogP contribution in [0.2, 0.25) is 0 Å². The van der Waals surface area contributed by atoms with E-state index in [-0.39, 0.29) is 19.1 Å². The van der Waals surface area contributed by atoms with E-state index < -0.39 is 5.97 Å². The molecule has 2 rings (SSSR count). The minimum Gasteiger partial charge on any atom is -0.482 e. The van der Waals surface area contributed by atoms with E-state index in [9.17, 15) is 9.59 Å². The molecule has 0 aliphatic carbocycles. The normalized spacial score (nSPS) is 10.2. The maximum Gasteiger partial charge on any atom is 0.344 e. The van der Waals surface area contributed by atoms with Crippen LogP contribution in [0.5, 0.6) is 5.75 Å². The van der Waals surface area contributed by atoms with Gasteiger partial charge in [0.1, 0.15) is 5.75 Å². The number of hydrogen-bond donors (Lipinski definition) is 1. The molecule has 0 aliphatic rings. The number of carbonyl (C=O) groups is 2. The maximum absolute atomic E-state index is 11.9. The van der Waals surface area contributed by atoms with Gasteiger partial charge in [-0.15, -0.1) is 0 Å². The molecule has 0 saturated heterocycles. The highest BCUT2D eigenvalue weighted by atomic mass is 16.6. The Morgan fingerprint density at radius 3 is 2.60 bits per heavy atom. The molecule has 0 saturated carbocycles. The number of hydrogen-bond acceptors (Lipinski definition) is 4. The zero-order chi connectivity index (χ0) is 18.2. The summed E-state index contributed by atoms with van der Waals surface area (Å²) >= 11 is 0. The lowest BCUT2D eigenvalue weighted by molar-refractivity contribution is -0.149. The zero-order valence-corrected chi connectivity index (χ0v) is 14.8. The van der Waals surface area contributed by atoms with Crippen LogP contribution in [0.15, 0.2) is 42.5 Å². The van der Waals surface area contributed by atoms with E-state index in [2.05, 4.69) is 5.32 Å². The van der Waals surface area contributed by atoms with Crippen molar-refractivity contribution in [3.05, 3.63) is 59.2 Å². The van der Waals surface area contributed by atoms with Gasteiger partial charge in [0.05, 0.1) is 0 Å². The Hall–Kier alpha value is -2.82. The zero-order valence-electron chi connectivity index (χ0n) is 14.8. The van der Waals surface area contributed by atoms with E-state index in [1.54, 1.807) is 6.07 Å². The molecular formula is C20H23NO4. The van der Waals surface area contributed by atoms with Crippen molar-refractivity contribution in [2.75, 3.05) is 18.5 Å². The van der Waals surface area contributed by atoms with Gasteiger partial charge in [-0.3, -0.25) is 4.79 Å². The second-order valence-electron chi connectivity index (χ2n) is 5.82. The fraction of sp³-hybridized carbons (Fsp3) is 0.300. The topological polar surface area (TPSA) is 64.6 Å². The van der Waals surface area contributed by atoms with Crippen molar-refractivity contribution < 1.29 is 19.1 Å². The number of esters is 1. The van der Waals surface area contributed by atoms with Gasteiger partial charge in [0.15, 0.2) is 13.2 Å². The number of carbonyl (C=O) groups excluding carboxylic acids is 2. The number of nitrogens with one attached hydrogen (secondary N) is 1. The number of rotatable bonds is 7. The molecule has 0 aromatic heterocycles. The molecule has 132 valence electrons. The van der Waals surface area contributed by atoms with Crippen LogP contribution in [0.1, 0.15) is 23.6 Å². The Morgan fingerprint density at radius 2 is 1.84 bits per heavy atom. The molecule has 5 nitrogen and oxygen atoms in total. The fourth-order valence-electron chi connectivity index (χ4n) is 2.25. The number of anilines is 1. The molecule has 1 N–H and O–H groups in total. The van der Waals surface area contributed by atoms with Crippen LogP contribution in [-0.4, -0.2) is 25.1 Å². The van der Waals surface area contributed by atoms with Gasteiger partial charge in [-0.2, -0.15) is 0 Å². The summed E-state index contributed by atoms with van der Waals surface area (Å²) in [6, 6.07) is 13.3. The lowest BCUT2D eigenvalue weighted by Gasteiger charge is -2.10. The van der Waals surface area contributed by atoms with Crippen LogP contribution >= 0.6 is 0 Å². The van der Waals surface area contributed by atoms with Crippen LogP contribution in [0.25, 0.3) is 0 Å². The van der Waals surface area contributed by atoms with E-state index in [1.165, 1.54) is 0 Å². The average Bonchev–Trinajstić information content (AvgIpc) is 2.61. The first kappa shape index (κ1) is 18.5. The van der Waals surface area contributed by atoms with E-state index in [0.29, 0.717) is 11.4 Å². The van der Waals surface area contributed by atoms with E-state index in [0.717, 1.165) is 23.1 Å². The van der Waals surface area contributed by atoms with Crippen LogP contribution in [-0.2, 0) is 20.7 Å². The summed E-state index contributed by atoms with van der Waals surface area (Å²) in [6.45, 7) is 5.31. The largest absolute Gasteiger partial charge is 0.482 e. The van der Waals surface area contributed by atoms with Gasteiger partial charge in [-0.05, 0) is 55.2 Å². The Labute approximate surface area is 148 Å². The third-order valence-electron chi connectivity index (χ3n) is 3.67. The second-order valence-corrected chi connectivity index (χ2v) is 5.82. The average molecular weight is 341 g/mol. The molecule has 2 aromatic carbocycles. The van der Waals surface area contributed by atoms with Gasteiger partial charge in [0.2, 0.25) is 0 Å². The third-order valence-corrected chi connectivity index (χ3v) is 3.67. The Kier molecular flexibility index (Phi) is 6.57. The second kappa shape index (κ2) is 8.87. The molecule has 0 unspecified atom stereocenters. The number of aryl methyl sites for hydroxylation is 3. The predicted molar refractivity (Wildman–Crippen MR) is 96.8 cm³/mol. The molecule has 0 atom stereocenters. The van der Waals surface area contributed by atoms with E-state index >= 15 is 0 Å². The van der Waals surface area contributed by atoms with Gasteiger partial charge in [-0.1, -0.05) is 31.2 Å². The Morgan fingerprint density at radius 1 is 1.04 bits per heavy atom. The van der Waals surface area contributed by atoms with Crippen LogP contribution in [0.4, 0.5) is 5.69 Å². The molecule has 1 amide bonds. The minimum atomic E-state index is -0.585. The summed E-state index contributed by atoms with van der Waals surface area (Å²) in [4.78, 5) is 23.6. The van der Waals surface area contributed by atoms with Crippen molar-refractivity contribution in [2.24, 2.45) is 0 Å². The molecule has 5 heteroatoms. The standard InChI is InChI=1S/C20H23NO4/c1-4-16-6-5-7-17(11-16)21-19(22)12-25-20(23)13-24-18-10-14(2)8-9-15(18)3/h5-11H,4,12-13H2,1-3H3,(H,21,22). The summed E-state index contributed by atoms with van der Waals surface area (Å²) < 4.78 is 10.4. The van der Waals surface area contributed by atoms with Gasteiger partial charge in [0, 0.05) is 5.69 Å². The van der Waals surface area contributed by atoms with Crippen LogP contribution in [0.3, 0.4) is 0 Å². The van der Waals surface area contributed by atoms with Gasteiger partial charge in [0.25, 0.3) is 5.91 Å². The van der Waals surface area contributed by atoms with Crippen LogP contribution < -0.4 is 10.1 Å². The van der Waals surface area contributed by atoms with Gasteiger partial charge >= 0.3 is 5.97 Å². The maximum atomic E-state index is 11.9. The van der Waals surface area contributed by atoms with Gasteiger partial charge in [-0.25, -0.2) is 4.79 Å². The predicted octanol–water partition coefficient (Wildman–Crippen LogP) is 3.43. The molecule has 0 radical (unpaired) electrons. The van der Waals surface area contributed by atoms with Crippen molar-refractivity contribution in [3.8, 4) is 5.75 Å². The lowest BCUT2D eigenvalue weighted by Crippen LogP contribution is -2.23. The van der Waals surface area contributed by atoms with Crippen molar-refractivity contribution in [3.63, 3.8) is 0 Å².